The maximum absolute atomic E-state index is 12.8. The molecule has 1 aliphatic heterocycles. The number of fused-ring (bicyclic) bond motifs is 1. The van der Waals surface area contributed by atoms with E-state index in [-0.39, 0.29) is 4.90 Å². The van der Waals surface area contributed by atoms with Crippen molar-refractivity contribution in [2.24, 2.45) is 0 Å². The van der Waals surface area contributed by atoms with Crippen LogP contribution < -0.4 is 10.0 Å². The molecule has 1 heterocycles. The van der Waals surface area contributed by atoms with E-state index < -0.39 is 10.0 Å². The molecule has 0 amide bonds. The van der Waals surface area contributed by atoms with E-state index in [1.807, 2.05) is 0 Å². The van der Waals surface area contributed by atoms with Crippen LogP contribution >= 0.6 is 11.6 Å². The highest BCUT2D eigenvalue weighted by molar-refractivity contribution is 7.92. The summed E-state index contributed by atoms with van der Waals surface area (Å²) in [6.45, 7) is 0.460. The predicted octanol–water partition coefficient (Wildman–Crippen LogP) is 3.06. The molecule has 6 heteroatoms. The molecule has 0 aromatic heterocycles. The molecule has 2 aromatic rings. The Balaban J connectivity index is 2.10. The highest BCUT2D eigenvalue weighted by atomic mass is 35.5. The summed E-state index contributed by atoms with van der Waals surface area (Å²) < 4.78 is 27.1. The third-order valence-electron chi connectivity index (χ3n) is 3.65. The van der Waals surface area contributed by atoms with Crippen molar-refractivity contribution in [2.75, 3.05) is 16.6 Å². The summed E-state index contributed by atoms with van der Waals surface area (Å²) in [4.78, 5) is 0.238. The lowest BCUT2D eigenvalue weighted by molar-refractivity contribution is 0.586. The van der Waals surface area contributed by atoms with Gasteiger partial charge in [0.25, 0.3) is 10.0 Å². The van der Waals surface area contributed by atoms with Crippen LogP contribution in [-0.4, -0.2) is 15.0 Å². The number of anilines is 2. The maximum Gasteiger partial charge on any atom is 0.264 e. The van der Waals surface area contributed by atoms with Crippen molar-refractivity contribution in [1.29, 1.82) is 0 Å². The van der Waals surface area contributed by atoms with Gasteiger partial charge in [-0.25, -0.2) is 8.42 Å². The predicted molar refractivity (Wildman–Crippen MR) is 85.2 cm³/mol. The SMILES string of the molecule is Nc1cccc2c1CCCN2S(=O)(=O)c1ccc(Cl)cc1. The fourth-order valence-electron chi connectivity index (χ4n) is 2.60. The van der Waals surface area contributed by atoms with Crippen LogP contribution in [0.3, 0.4) is 0 Å². The number of hydrogen-bond acceptors (Lipinski definition) is 3. The molecule has 0 fully saturated rings. The lowest BCUT2D eigenvalue weighted by Gasteiger charge is -2.31. The Hall–Kier alpha value is -1.72. The molecule has 0 radical (unpaired) electrons. The van der Waals surface area contributed by atoms with Gasteiger partial charge in [-0.05, 0) is 54.8 Å². The van der Waals surface area contributed by atoms with Gasteiger partial charge in [0.15, 0.2) is 0 Å². The van der Waals surface area contributed by atoms with Crippen LogP contribution in [0.15, 0.2) is 47.4 Å². The molecule has 2 N–H and O–H groups in total. The van der Waals surface area contributed by atoms with Crippen molar-refractivity contribution in [2.45, 2.75) is 17.7 Å². The minimum Gasteiger partial charge on any atom is -0.398 e. The van der Waals surface area contributed by atoms with Crippen LogP contribution in [0, 0.1) is 0 Å². The zero-order chi connectivity index (χ0) is 15.0. The van der Waals surface area contributed by atoms with Gasteiger partial charge in [0.2, 0.25) is 0 Å². The van der Waals surface area contributed by atoms with E-state index in [1.54, 1.807) is 30.3 Å². The highest BCUT2D eigenvalue weighted by Gasteiger charge is 2.29. The molecule has 110 valence electrons. The van der Waals surface area contributed by atoms with Gasteiger partial charge >= 0.3 is 0 Å². The van der Waals surface area contributed by atoms with Gasteiger partial charge < -0.3 is 5.73 Å². The second kappa shape index (κ2) is 5.24. The van der Waals surface area contributed by atoms with Crippen LogP contribution in [0.4, 0.5) is 11.4 Å². The number of nitrogens with zero attached hydrogens (tertiary/aromatic N) is 1. The smallest absolute Gasteiger partial charge is 0.264 e. The van der Waals surface area contributed by atoms with E-state index in [0.717, 1.165) is 18.4 Å². The number of rotatable bonds is 2. The average molecular weight is 323 g/mol. The van der Waals surface area contributed by atoms with E-state index in [2.05, 4.69) is 0 Å². The van der Waals surface area contributed by atoms with Crippen LogP contribution in [-0.2, 0) is 16.4 Å². The van der Waals surface area contributed by atoms with Crippen LogP contribution in [0.25, 0.3) is 0 Å². The van der Waals surface area contributed by atoms with Gasteiger partial charge in [-0.2, -0.15) is 0 Å². The molecule has 0 atom stereocenters. The van der Waals surface area contributed by atoms with Crippen LogP contribution in [0.2, 0.25) is 5.02 Å². The molecule has 0 aliphatic carbocycles. The van der Waals surface area contributed by atoms with E-state index in [4.69, 9.17) is 17.3 Å². The summed E-state index contributed by atoms with van der Waals surface area (Å²) in [5.74, 6) is 0. The molecule has 0 spiro atoms. The fourth-order valence-corrected chi connectivity index (χ4v) is 4.26. The molecule has 0 saturated heterocycles. The third-order valence-corrected chi connectivity index (χ3v) is 5.73. The summed E-state index contributed by atoms with van der Waals surface area (Å²) in [6.07, 6.45) is 1.56. The Morgan fingerprint density at radius 1 is 1.10 bits per heavy atom. The highest BCUT2D eigenvalue weighted by Crippen LogP contribution is 2.35. The molecule has 0 unspecified atom stereocenters. The molecule has 4 nitrogen and oxygen atoms in total. The first kappa shape index (κ1) is 14.2. The molecular formula is C15H15ClN2O2S. The minimum absolute atomic E-state index is 0.238. The fraction of sp³-hybridized carbons (Fsp3) is 0.200. The van der Waals surface area contributed by atoms with Gasteiger partial charge in [-0.15, -0.1) is 0 Å². The first-order valence-corrected chi connectivity index (χ1v) is 8.47. The lowest BCUT2D eigenvalue weighted by atomic mass is 10.0. The number of nitrogens with two attached hydrogens (primary N) is 1. The summed E-state index contributed by atoms with van der Waals surface area (Å²) in [7, 11) is -3.59. The van der Waals surface area contributed by atoms with Gasteiger partial charge in [0.1, 0.15) is 0 Å². The van der Waals surface area contributed by atoms with Crippen molar-refractivity contribution in [3.8, 4) is 0 Å². The van der Waals surface area contributed by atoms with Crippen molar-refractivity contribution in [1.82, 2.24) is 0 Å². The van der Waals surface area contributed by atoms with E-state index in [1.165, 1.54) is 16.4 Å². The van der Waals surface area contributed by atoms with Crippen molar-refractivity contribution < 1.29 is 8.42 Å². The van der Waals surface area contributed by atoms with Gasteiger partial charge in [-0.1, -0.05) is 17.7 Å². The maximum atomic E-state index is 12.8. The largest absolute Gasteiger partial charge is 0.398 e. The van der Waals surface area contributed by atoms with Gasteiger partial charge in [-0.3, -0.25) is 4.31 Å². The van der Waals surface area contributed by atoms with E-state index in [0.29, 0.717) is 22.9 Å². The van der Waals surface area contributed by atoms with E-state index >= 15 is 0 Å². The summed E-state index contributed by atoms with van der Waals surface area (Å²) in [5.41, 5.74) is 8.19. The molecule has 21 heavy (non-hydrogen) atoms. The Labute approximate surface area is 129 Å². The molecule has 2 aromatic carbocycles. The zero-order valence-corrected chi connectivity index (χ0v) is 12.9. The van der Waals surface area contributed by atoms with Crippen molar-refractivity contribution in [3.05, 3.63) is 53.1 Å². The molecule has 0 bridgehead atoms. The second-order valence-electron chi connectivity index (χ2n) is 4.98. The van der Waals surface area contributed by atoms with Crippen LogP contribution in [0.5, 0.6) is 0 Å². The molecule has 3 rings (SSSR count). The standard InChI is InChI=1S/C15H15ClN2O2S/c16-11-6-8-12(9-7-11)21(19,20)18-10-2-3-13-14(17)4-1-5-15(13)18/h1,4-9H,2-3,10,17H2. The third kappa shape index (κ3) is 2.47. The van der Waals surface area contributed by atoms with Crippen molar-refractivity contribution >= 4 is 33.0 Å². The van der Waals surface area contributed by atoms with Gasteiger partial charge in [0, 0.05) is 17.3 Å². The Bertz CT molecular complexity index is 773. The number of benzene rings is 2. The quantitative estimate of drug-likeness (QED) is 0.864. The molecular weight excluding hydrogens is 308 g/mol. The minimum atomic E-state index is -3.59. The zero-order valence-electron chi connectivity index (χ0n) is 11.3. The number of sulfonamides is 1. The summed E-state index contributed by atoms with van der Waals surface area (Å²) in [6, 6.07) is 11.6. The Kier molecular flexibility index (Phi) is 3.55. The summed E-state index contributed by atoms with van der Waals surface area (Å²) >= 11 is 5.82. The first-order valence-electron chi connectivity index (χ1n) is 6.66. The normalized spacial score (nSPS) is 14.8. The van der Waals surface area contributed by atoms with Gasteiger partial charge in [0.05, 0.1) is 10.6 Å². The Morgan fingerprint density at radius 2 is 1.81 bits per heavy atom. The number of nitrogen functional groups attached to an aromatic ring is 1. The topological polar surface area (TPSA) is 63.4 Å². The monoisotopic (exact) mass is 322 g/mol. The average Bonchev–Trinajstić information content (AvgIpc) is 2.47. The Morgan fingerprint density at radius 3 is 2.52 bits per heavy atom. The molecule has 0 saturated carbocycles. The lowest BCUT2D eigenvalue weighted by Crippen LogP contribution is -2.35. The number of halogens is 1. The van der Waals surface area contributed by atoms with Crippen LogP contribution in [0.1, 0.15) is 12.0 Å². The molecule has 1 aliphatic rings. The number of hydrogen-bond donors (Lipinski definition) is 1. The second-order valence-corrected chi connectivity index (χ2v) is 7.28. The first-order chi connectivity index (χ1) is 10.00. The summed E-state index contributed by atoms with van der Waals surface area (Å²) in [5, 5.41) is 0.511. The van der Waals surface area contributed by atoms with E-state index in [9.17, 15) is 8.42 Å². The van der Waals surface area contributed by atoms with Crippen molar-refractivity contribution in [3.63, 3.8) is 0 Å².